The van der Waals surface area contributed by atoms with Gasteiger partial charge in [0.25, 0.3) is 0 Å². The Morgan fingerprint density at radius 2 is 1.89 bits per heavy atom. The first kappa shape index (κ1) is 16.0. The number of hydrogen-bond donors (Lipinski definition) is 2. The normalized spacial score (nSPS) is 14.9. The third kappa shape index (κ3) is 4.84. The summed E-state index contributed by atoms with van der Waals surface area (Å²) in [7, 11) is -3.24. The topological polar surface area (TPSA) is 66.4 Å². The van der Waals surface area contributed by atoms with Crippen molar-refractivity contribution in [2.45, 2.75) is 50.7 Å². The first-order valence-electron chi connectivity index (χ1n) is 6.63. The Morgan fingerprint density at radius 1 is 1.26 bits per heavy atom. The molecule has 0 fully saturated rings. The summed E-state index contributed by atoms with van der Waals surface area (Å²) >= 11 is 0. The maximum Gasteiger partial charge on any atom is 0.180 e. The Hall–Kier alpha value is -1.07. The molecule has 2 N–H and O–H groups in total. The van der Waals surface area contributed by atoms with E-state index >= 15 is 0 Å². The van der Waals surface area contributed by atoms with Gasteiger partial charge in [-0.25, -0.2) is 8.42 Å². The molecule has 0 aliphatic heterocycles. The van der Waals surface area contributed by atoms with Crippen LogP contribution in [0.3, 0.4) is 0 Å². The standard InChI is InChI=1S/C14H23NO3S/c1-4-9-19(17,18)14-8-6-5-7-13(14)15-11(2)10-12(3)16/h5-8,11-12,15-16H,4,9-10H2,1-3H3. The van der Waals surface area contributed by atoms with Crippen molar-refractivity contribution >= 4 is 15.5 Å². The molecule has 0 heterocycles. The van der Waals surface area contributed by atoms with Crippen LogP contribution in [0, 0.1) is 0 Å². The van der Waals surface area contributed by atoms with Crippen LogP contribution in [0.15, 0.2) is 29.2 Å². The number of rotatable bonds is 7. The number of aliphatic hydroxyl groups is 1. The van der Waals surface area contributed by atoms with E-state index in [9.17, 15) is 13.5 Å². The molecule has 4 nitrogen and oxygen atoms in total. The molecular weight excluding hydrogens is 262 g/mol. The van der Waals surface area contributed by atoms with Gasteiger partial charge in [-0.1, -0.05) is 19.1 Å². The molecule has 19 heavy (non-hydrogen) atoms. The minimum atomic E-state index is -3.24. The number of anilines is 1. The summed E-state index contributed by atoms with van der Waals surface area (Å²) in [4.78, 5) is 0.342. The van der Waals surface area contributed by atoms with Crippen molar-refractivity contribution in [1.82, 2.24) is 0 Å². The highest BCUT2D eigenvalue weighted by molar-refractivity contribution is 7.91. The summed E-state index contributed by atoms with van der Waals surface area (Å²) in [6.45, 7) is 5.50. The SMILES string of the molecule is CCCS(=O)(=O)c1ccccc1NC(C)CC(C)O. The highest BCUT2D eigenvalue weighted by atomic mass is 32.2. The fraction of sp³-hybridized carbons (Fsp3) is 0.571. The zero-order valence-corrected chi connectivity index (χ0v) is 12.6. The van der Waals surface area contributed by atoms with Crippen molar-refractivity contribution in [2.24, 2.45) is 0 Å². The van der Waals surface area contributed by atoms with E-state index in [1.807, 2.05) is 19.9 Å². The number of aliphatic hydroxyl groups excluding tert-OH is 1. The highest BCUT2D eigenvalue weighted by Gasteiger charge is 2.18. The molecule has 0 spiro atoms. The van der Waals surface area contributed by atoms with E-state index in [0.29, 0.717) is 23.4 Å². The molecule has 1 aromatic carbocycles. The summed E-state index contributed by atoms with van der Waals surface area (Å²) < 4.78 is 24.3. The molecule has 0 amide bonds. The van der Waals surface area contributed by atoms with Gasteiger partial charge in [0.05, 0.1) is 22.4 Å². The Labute approximate surface area is 115 Å². The average Bonchev–Trinajstić information content (AvgIpc) is 2.28. The first-order chi connectivity index (χ1) is 8.86. The van der Waals surface area contributed by atoms with Gasteiger partial charge in [0.1, 0.15) is 0 Å². The molecular formula is C14H23NO3S. The molecule has 2 unspecified atom stereocenters. The third-order valence-electron chi connectivity index (χ3n) is 2.79. The van der Waals surface area contributed by atoms with Gasteiger partial charge in [-0.3, -0.25) is 0 Å². The number of para-hydroxylation sites is 1. The Balaban J connectivity index is 2.97. The molecule has 1 rings (SSSR count). The minimum Gasteiger partial charge on any atom is -0.393 e. The van der Waals surface area contributed by atoms with Crippen LogP contribution in [-0.4, -0.2) is 31.4 Å². The van der Waals surface area contributed by atoms with E-state index in [2.05, 4.69) is 5.32 Å². The van der Waals surface area contributed by atoms with Gasteiger partial charge in [-0.05, 0) is 38.8 Å². The molecule has 5 heteroatoms. The number of hydrogen-bond acceptors (Lipinski definition) is 4. The van der Waals surface area contributed by atoms with Gasteiger partial charge in [0, 0.05) is 6.04 Å². The minimum absolute atomic E-state index is 0.0120. The largest absolute Gasteiger partial charge is 0.393 e. The molecule has 0 saturated carbocycles. The van der Waals surface area contributed by atoms with E-state index in [1.54, 1.807) is 25.1 Å². The summed E-state index contributed by atoms with van der Waals surface area (Å²) in [6, 6.07) is 6.94. The van der Waals surface area contributed by atoms with Gasteiger partial charge in [0.15, 0.2) is 9.84 Å². The van der Waals surface area contributed by atoms with Crippen LogP contribution in [0.4, 0.5) is 5.69 Å². The fourth-order valence-corrected chi connectivity index (χ4v) is 3.58. The molecule has 0 aliphatic rings. The van der Waals surface area contributed by atoms with Gasteiger partial charge in [-0.2, -0.15) is 0 Å². The lowest BCUT2D eigenvalue weighted by atomic mass is 10.1. The maximum absolute atomic E-state index is 12.2. The van der Waals surface area contributed by atoms with Crippen LogP contribution in [0.1, 0.15) is 33.6 Å². The second-order valence-corrected chi connectivity index (χ2v) is 7.02. The van der Waals surface area contributed by atoms with Crippen LogP contribution in [0.2, 0.25) is 0 Å². The second kappa shape index (κ2) is 6.91. The van der Waals surface area contributed by atoms with Crippen molar-refractivity contribution < 1.29 is 13.5 Å². The molecule has 0 aliphatic carbocycles. The predicted molar refractivity (Wildman–Crippen MR) is 78.2 cm³/mol. The zero-order chi connectivity index (χ0) is 14.5. The van der Waals surface area contributed by atoms with Crippen LogP contribution in [0.25, 0.3) is 0 Å². The number of nitrogens with one attached hydrogen (secondary N) is 1. The quantitative estimate of drug-likeness (QED) is 0.807. The molecule has 0 aromatic heterocycles. The third-order valence-corrected chi connectivity index (χ3v) is 4.76. The number of sulfone groups is 1. The van der Waals surface area contributed by atoms with Crippen molar-refractivity contribution in [1.29, 1.82) is 0 Å². The second-order valence-electron chi connectivity index (χ2n) is 4.95. The van der Waals surface area contributed by atoms with E-state index in [0.717, 1.165) is 0 Å². The Kier molecular flexibility index (Phi) is 5.82. The molecule has 0 radical (unpaired) electrons. The first-order valence-corrected chi connectivity index (χ1v) is 8.28. The van der Waals surface area contributed by atoms with Crippen LogP contribution < -0.4 is 5.32 Å². The number of benzene rings is 1. The van der Waals surface area contributed by atoms with Gasteiger partial charge < -0.3 is 10.4 Å². The van der Waals surface area contributed by atoms with E-state index in [-0.39, 0.29) is 11.8 Å². The fourth-order valence-electron chi connectivity index (χ4n) is 2.07. The van der Waals surface area contributed by atoms with Crippen LogP contribution in [0.5, 0.6) is 0 Å². The lowest BCUT2D eigenvalue weighted by Gasteiger charge is -2.19. The lowest BCUT2D eigenvalue weighted by molar-refractivity contribution is 0.179. The van der Waals surface area contributed by atoms with Crippen LogP contribution in [-0.2, 0) is 9.84 Å². The van der Waals surface area contributed by atoms with Gasteiger partial charge in [-0.15, -0.1) is 0 Å². The zero-order valence-electron chi connectivity index (χ0n) is 11.8. The molecule has 1 aromatic rings. The predicted octanol–water partition coefficient (Wildman–Crippen LogP) is 2.44. The molecule has 108 valence electrons. The van der Waals surface area contributed by atoms with Crippen molar-refractivity contribution in [3.05, 3.63) is 24.3 Å². The van der Waals surface area contributed by atoms with Crippen molar-refractivity contribution in [3.63, 3.8) is 0 Å². The van der Waals surface area contributed by atoms with Crippen molar-refractivity contribution in [2.75, 3.05) is 11.1 Å². The molecule has 0 saturated heterocycles. The van der Waals surface area contributed by atoms with E-state index < -0.39 is 15.9 Å². The van der Waals surface area contributed by atoms with E-state index in [1.165, 1.54) is 0 Å². The monoisotopic (exact) mass is 285 g/mol. The summed E-state index contributed by atoms with van der Waals surface area (Å²) in [5.74, 6) is 0.149. The lowest BCUT2D eigenvalue weighted by Crippen LogP contribution is -2.22. The Bertz CT molecular complexity index is 497. The highest BCUT2D eigenvalue weighted by Crippen LogP contribution is 2.23. The summed E-state index contributed by atoms with van der Waals surface area (Å²) in [6.07, 6.45) is 0.754. The van der Waals surface area contributed by atoms with Gasteiger partial charge in [0.2, 0.25) is 0 Å². The Morgan fingerprint density at radius 3 is 2.47 bits per heavy atom. The van der Waals surface area contributed by atoms with Crippen molar-refractivity contribution in [3.8, 4) is 0 Å². The molecule has 0 bridgehead atoms. The van der Waals surface area contributed by atoms with Crippen LogP contribution >= 0.6 is 0 Å². The van der Waals surface area contributed by atoms with E-state index in [4.69, 9.17) is 0 Å². The molecule has 2 atom stereocenters. The smallest absolute Gasteiger partial charge is 0.180 e. The summed E-state index contributed by atoms with van der Waals surface area (Å²) in [5, 5.41) is 12.5. The summed E-state index contributed by atoms with van der Waals surface area (Å²) in [5.41, 5.74) is 0.615. The van der Waals surface area contributed by atoms with Gasteiger partial charge >= 0.3 is 0 Å². The average molecular weight is 285 g/mol. The maximum atomic E-state index is 12.2.